The molecule has 3 N–H and O–H groups in total. The summed E-state index contributed by atoms with van der Waals surface area (Å²) in [6, 6.07) is 5.35. The summed E-state index contributed by atoms with van der Waals surface area (Å²) < 4.78 is 26.9. The van der Waals surface area contributed by atoms with Gasteiger partial charge in [-0.25, -0.2) is 8.78 Å². The number of carbonyl (C=O) groups is 4. The van der Waals surface area contributed by atoms with Gasteiger partial charge in [0, 0.05) is 17.8 Å². The van der Waals surface area contributed by atoms with E-state index in [2.05, 4.69) is 10.6 Å². The molecule has 1 aromatic heterocycles. The number of halogens is 2. The van der Waals surface area contributed by atoms with Crippen molar-refractivity contribution >= 4 is 69.4 Å². The molecule has 34 heavy (non-hydrogen) atoms. The second kappa shape index (κ2) is 11.3. The van der Waals surface area contributed by atoms with Gasteiger partial charge in [-0.05, 0) is 40.8 Å². The fourth-order valence-electron chi connectivity index (χ4n) is 2.79. The smallest absolute Gasteiger partial charge is 0.322 e. The minimum absolute atomic E-state index is 0.00906. The number of thiophene rings is 1. The van der Waals surface area contributed by atoms with Crippen LogP contribution in [-0.2, 0) is 19.2 Å². The van der Waals surface area contributed by atoms with Gasteiger partial charge in [-0.2, -0.15) is 0 Å². The first-order valence-electron chi connectivity index (χ1n) is 9.68. The molecule has 1 aliphatic rings. The normalized spacial score (nSPS) is 14.5. The lowest BCUT2D eigenvalue weighted by Gasteiger charge is -2.14. The topological polar surface area (TPSA) is 116 Å². The number of aliphatic carboxylic acids is 1. The Morgan fingerprint density at radius 3 is 2.50 bits per heavy atom. The molecule has 1 fully saturated rings. The Morgan fingerprint density at radius 2 is 1.79 bits per heavy atom. The monoisotopic (exact) mass is 525 g/mol. The van der Waals surface area contributed by atoms with Gasteiger partial charge >= 0.3 is 5.97 Å². The average Bonchev–Trinajstić information content (AvgIpc) is 3.36. The average molecular weight is 526 g/mol. The molecule has 0 spiro atoms. The summed E-state index contributed by atoms with van der Waals surface area (Å²) in [6.07, 6.45) is 1.53. The maximum atomic E-state index is 13.5. The van der Waals surface area contributed by atoms with Crippen molar-refractivity contribution in [2.45, 2.75) is 6.42 Å². The zero-order chi connectivity index (χ0) is 24.8. The van der Waals surface area contributed by atoms with Crippen LogP contribution in [0.1, 0.15) is 11.3 Å². The zero-order valence-electron chi connectivity index (χ0n) is 17.3. The van der Waals surface area contributed by atoms with Gasteiger partial charge in [0.15, 0.2) is 11.6 Å². The molecule has 0 aliphatic carbocycles. The first kappa shape index (κ1) is 25.5. The molecule has 1 aromatic carbocycles. The quantitative estimate of drug-likeness (QED) is 0.341. The number of thioether (sulfide) groups is 1. The van der Waals surface area contributed by atoms with Gasteiger partial charge in [-0.15, -0.1) is 11.3 Å². The molecule has 2 heterocycles. The van der Waals surface area contributed by atoms with Crippen LogP contribution in [0, 0.1) is 11.6 Å². The van der Waals surface area contributed by atoms with Gasteiger partial charge in [-0.1, -0.05) is 30.0 Å². The van der Waals surface area contributed by atoms with Gasteiger partial charge < -0.3 is 15.7 Å². The summed E-state index contributed by atoms with van der Waals surface area (Å²) in [5, 5.41) is 14.7. The van der Waals surface area contributed by atoms with Crippen molar-refractivity contribution in [2.24, 2.45) is 0 Å². The minimum atomic E-state index is -1.20. The molecule has 3 rings (SSSR count). The van der Waals surface area contributed by atoms with E-state index in [0.29, 0.717) is 20.9 Å². The second-order valence-corrected chi connectivity index (χ2v) is 9.52. The molecule has 1 saturated heterocycles. The van der Waals surface area contributed by atoms with Crippen molar-refractivity contribution < 1.29 is 33.1 Å². The molecule has 2 aromatic rings. The van der Waals surface area contributed by atoms with Crippen LogP contribution in [-0.4, -0.2) is 57.7 Å². The number of hydrogen-bond donors (Lipinski definition) is 3. The van der Waals surface area contributed by atoms with Gasteiger partial charge in [-0.3, -0.25) is 24.1 Å². The molecule has 1 aliphatic heterocycles. The Labute approximate surface area is 206 Å². The number of carboxylic acid groups (broad SMARTS) is 1. The second-order valence-electron chi connectivity index (χ2n) is 6.90. The lowest BCUT2D eigenvalue weighted by Crippen LogP contribution is -2.40. The van der Waals surface area contributed by atoms with Crippen molar-refractivity contribution in [1.29, 1.82) is 0 Å². The fourth-order valence-corrected chi connectivity index (χ4v) is 5.02. The number of nitrogens with zero attached hydrogens (tertiary/aromatic N) is 1. The third-order valence-corrected chi connectivity index (χ3v) is 6.72. The van der Waals surface area contributed by atoms with Crippen molar-refractivity contribution in [1.82, 2.24) is 15.5 Å². The van der Waals surface area contributed by atoms with E-state index in [-0.39, 0.29) is 29.7 Å². The molecular formula is C21H17F2N3O5S3. The van der Waals surface area contributed by atoms with E-state index in [1.54, 1.807) is 17.5 Å². The number of hydrogen-bond acceptors (Lipinski definition) is 7. The number of carbonyl (C=O) groups excluding carboxylic acids is 3. The first-order chi connectivity index (χ1) is 16.1. The van der Waals surface area contributed by atoms with Gasteiger partial charge in [0.25, 0.3) is 5.91 Å². The first-order valence-corrected chi connectivity index (χ1v) is 11.8. The van der Waals surface area contributed by atoms with Crippen molar-refractivity contribution in [3.05, 3.63) is 51.1 Å². The third kappa shape index (κ3) is 6.68. The highest BCUT2D eigenvalue weighted by Gasteiger charge is 2.32. The standard InChI is InChI=1S/C21H17F2N3O5S3/c22-14-2-1-11(6-15(14)23)12-5-13(33-10-12)7-16-20(31)26(21(32)34-16)4-3-17(27)24-8-18(28)25-9-19(29)30/h1-2,5-7,10H,3-4,8-9H2,(H,24,27)(H,25,28)(H,29,30). The van der Waals surface area contributed by atoms with E-state index in [1.807, 2.05) is 0 Å². The van der Waals surface area contributed by atoms with Gasteiger partial charge in [0.05, 0.1) is 11.4 Å². The molecule has 0 bridgehead atoms. The molecule has 13 heteroatoms. The lowest BCUT2D eigenvalue weighted by atomic mass is 10.1. The van der Waals surface area contributed by atoms with E-state index in [0.717, 1.165) is 23.9 Å². The van der Waals surface area contributed by atoms with E-state index in [4.69, 9.17) is 17.3 Å². The highest BCUT2D eigenvalue weighted by molar-refractivity contribution is 8.26. The Hall–Kier alpha value is -3.16. The maximum absolute atomic E-state index is 13.5. The van der Waals surface area contributed by atoms with E-state index in [9.17, 15) is 28.0 Å². The number of nitrogens with one attached hydrogen (secondary N) is 2. The van der Waals surface area contributed by atoms with Crippen molar-refractivity contribution in [2.75, 3.05) is 19.6 Å². The molecule has 8 nitrogen and oxygen atoms in total. The van der Waals surface area contributed by atoms with Crippen LogP contribution in [0.3, 0.4) is 0 Å². The predicted octanol–water partition coefficient (Wildman–Crippen LogP) is 2.60. The Morgan fingerprint density at radius 1 is 1.06 bits per heavy atom. The predicted molar refractivity (Wildman–Crippen MR) is 128 cm³/mol. The number of thiocarbonyl (C=S) groups is 1. The minimum Gasteiger partial charge on any atom is -0.480 e. The molecule has 178 valence electrons. The summed E-state index contributed by atoms with van der Waals surface area (Å²) in [5.41, 5.74) is 1.18. The van der Waals surface area contributed by atoms with Gasteiger partial charge in [0.2, 0.25) is 11.8 Å². The molecule has 0 atom stereocenters. The summed E-state index contributed by atoms with van der Waals surface area (Å²) in [7, 11) is 0. The maximum Gasteiger partial charge on any atom is 0.322 e. The Bertz CT molecular complexity index is 1200. The van der Waals surface area contributed by atoms with Crippen LogP contribution >= 0.6 is 35.3 Å². The highest BCUT2D eigenvalue weighted by Crippen LogP contribution is 2.35. The van der Waals surface area contributed by atoms with Crippen LogP contribution in [0.15, 0.2) is 34.6 Å². The molecule has 0 unspecified atom stereocenters. The third-order valence-electron chi connectivity index (χ3n) is 4.46. The number of amides is 3. The molecule has 0 saturated carbocycles. The lowest BCUT2D eigenvalue weighted by molar-refractivity contribution is -0.137. The number of rotatable bonds is 9. The summed E-state index contributed by atoms with van der Waals surface area (Å²) in [5.74, 6) is -4.61. The van der Waals surface area contributed by atoms with E-state index < -0.39 is 36.0 Å². The number of carboxylic acids is 1. The molecule has 3 amide bonds. The van der Waals surface area contributed by atoms with Crippen LogP contribution in [0.5, 0.6) is 0 Å². The van der Waals surface area contributed by atoms with E-state index in [1.165, 1.54) is 22.3 Å². The fraction of sp³-hybridized carbons (Fsp3) is 0.190. The largest absolute Gasteiger partial charge is 0.480 e. The highest BCUT2D eigenvalue weighted by atomic mass is 32.2. The Kier molecular flexibility index (Phi) is 8.47. The summed E-state index contributed by atoms with van der Waals surface area (Å²) in [6.45, 7) is -0.928. The summed E-state index contributed by atoms with van der Waals surface area (Å²) >= 11 is 7.64. The summed E-state index contributed by atoms with van der Waals surface area (Å²) in [4.78, 5) is 48.9. The zero-order valence-corrected chi connectivity index (χ0v) is 19.8. The van der Waals surface area contributed by atoms with Gasteiger partial charge in [0.1, 0.15) is 10.9 Å². The SMILES string of the molecule is O=C(O)CNC(=O)CNC(=O)CCN1C(=O)C(=Cc2cc(-c3ccc(F)c(F)c3)cs2)SC1=S. The molecular weight excluding hydrogens is 508 g/mol. The van der Waals surface area contributed by atoms with Crippen molar-refractivity contribution in [3.63, 3.8) is 0 Å². The van der Waals surface area contributed by atoms with Crippen LogP contribution < -0.4 is 10.6 Å². The number of benzene rings is 1. The van der Waals surface area contributed by atoms with Crippen LogP contribution in [0.4, 0.5) is 8.78 Å². The van der Waals surface area contributed by atoms with Crippen molar-refractivity contribution in [3.8, 4) is 11.1 Å². The Balaban J connectivity index is 1.55. The van der Waals surface area contributed by atoms with E-state index >= 15 is 0 Å². The van der Waals surface area contributed by atoms with Crippen LogP contribution in [0.25, 0.3) is 17.2 Å². The van der Waals surface area contributed by atoms with Crippen LogP contribution in [0.2, 0.25) is 0 Å². The molecule has 0 radical (unpaired) electrons.